The number of nitrogens with two attached hydrogens (primary N) is 1. The number of hydrogen-bond acceptors (Lipinski definition) is 4. The lowest BCUT2D eigenvalue weighted by molar-refractivity contribution is 0.415. The lowest BCUT2D eigenvalue weighted by Crippen LogP contribution is -2.12. The summed E-state index contributed by atoms with van der Waals surface area (Å²) < 4.78 is 5.16. The highest BCUT2D eigenvalue weighted by atomic mass is 32.1. The third kappa shape index (κ3) is 2.75. The number of aromatic nitrogens is 1. The Kier molecular flexibility index (Phi) is 3.74. The highest BCUT2D eigenvalue weighted by Crippen LogP contribution is 2.22. The lowest BCUT2D eigenvalue weighted by atomic mass is 10.2. The van der Waals surface area contributed by atoms with Gasteiger partial charge in [-0.3, -0.25) is 0 Å². The number of nitrogens with one attached hydrogen (secondary N) is 1. The van der Waals surface area contributed by atoms with Gasteiger partial charge in [-0.2, -0.15) is 0 Å². The number of pyridine rings is 1. The van der Waals surface area contributed by atoms with Gasteiger partial charge in [-0.15, -0.1) is 0 Å². The van der Waals surface area contributed by atoms with Crippen molar-refractivity contribution in [2.24, 2.45) is 5.73 Å². The Morgan fingerprint density at radius 3 is 2.89 bits per heavy atom. The van der Waals surface area contributed by atoms with Gasteiger partial charge in [-0.05, 0) is 24.3 Å². The summed E-state index contributed by atoms with van der Waals surface area (Å²) in [5.74, 6) is 1.41. The topological polar surface area (TPSA) is 60.2 Å². The van der Waals surface area contributed by atoms with Crippen molar-refractivity contribution in [2.45, 2.75) is 0 Å². The molecule has 0 radical (unpaired) electrons. The number of benzene rings is 1. The molecule has 4 nitrogen and oxygen atoms in total. The van der Waals surface area contributed by atoms with Crippen LogP contribution in [0.5, 0.6) is 5.75 Å². The number of anilines is 2. The van der Waals surface area contributed by atoms with Gasteiger partial charge in [0.25, 0.3) is 0 Å². The summed E-state index contributed by atoms with van der Waals surface area (Å²) in [4.78, 5) is 4.54. The maximum absolute atomic E-state index is 5.65. The van der Waals surface area contributed by atoms with E-state index in [-0.39, 0.29) is 0 Å². The van der Waals surface area contributed by atoms with Gasteiger partial charge in [0.15, 0.2) is 0 Å². The normalized spacial score (nSPS) is 9.83. The van der Waals surface area contributed by atoms with Crippen LogP contribution in [0.25, 0.3) is 0 Å². The Bertz CT molecular complexity index is 572. The van der Waals surface area contributed by atoms with Crippen molar-refractivity contribution in [1.82, 2.24) is 4.98 Å². The van der Waals surface area contributed by atoms with Crippen molar-refractivity contribution in [3.8, 4) is 5.75 Å². The molecule has 92 valence electrons. The molecule has 0 aliphatic carbocycles. The van der Waals surface area contributed by atoms with Gasteiger partial charge in [-0.1, -0.05) is 18.3 Å². The Balaban J connectivity index is 2.31. The smallest absolute Gasteiger partial charge is 0.140 e. The summed E-state index contributed by atoms with van der Waals surface area (Å²) in [7, 11) is 1.63. The van der Waals surface area contributed by atoms with E-state index in [9.17, 15) is 0 Å². The van der Waals surface area contributed by atoms with Crippen LogP contribution in [0.3, 0.4) is 0 Å². The molecule has 0 atom stereocenters. The van der Waals surface area contributed by atoms with Crippen molar-refractivity contribution in [1.29, 1.82) is 0 Å². The molecule has 0 saturated heterocycles. The van der Waals surface area contributed by atoms with Gasteiger partial charge in [0.2, 0.25) is 0 Å². The fourth-order valence-electron chi connectivity index (χ4n) is 1.54. The molecular weight excluding hydrogens is 246 g/mol. The number of rotatable bonds is 4. The average molecular weight is 259 g/mol. The highest BCUT2D eigenvalue weighted by molar-refractivity contribution is 7.80. The van der Waals surface area contributed by atoms with Crippen LogP contribution in [0.2, 0.25) is 0 Å². The molecule has 0 spiro atoms. The molecule has 2 aromatic rings. The molecule has 0 aliphatic rings. The average Bonchev–Trinajstić information content (AvgIpc) is 2.39. The Hall–Kier alpha value is -2.14. The first-order chi connectivity index (χ1) is 8.70. The predicted molar refractivity (Wildman–Crippen MR) is 76.4 cm³/mol. The SMILES string of the molecule is COc1cccc(Nc2ncccc2C(N)=S)c1. The zero-order valence-corrected chi connectivity index (χ0v) is 10.7. The number of ether oxygens (including phenoxy) is 1. The first-order valence-electron chi connectivity index (χ1n) is 5.36. The molecule has 0 unspecified atom stereocenters. The van der Waals surface area contributed by atoms with Crippen LogP contribution >= 0.6 is 12.2 Å². The van der Waals surface area contributed by atoms with Gasteiger partial charge in [0, 0.05) is 18.0 Å². The monoisotopic (exact) mass is 259 g/mol. The third-order valence-electron chi connectivity index (χ3n) is 2.41. The summed E-state index contributed by atoms with van der Waals surface area (Å²) in [6.07, 6.45) is 1.68. The summed E-state index contributed by atoms with van der Waals surface area (Å²) in [5, 5.41) is 3.17. The number of methoxy groups -OCH3 is 1. The van der Waals surface area contributed by atoms with Crippen LogP contribution in [0.15, 0.2) is 42.6 Å². The standard InChI is InChI=1S/C13H13N3OS/c1-17-10-5-2-4-9(8-10)16-13-11(12(14)18)6-3-7-15-13/h2-8H,1H3,(H2,14,18)(H,15,16). The van der Waals surface area contributed by atoms with Gasteiger partial charge >= 0.3 is 0 Å². The Labute approximate surface area is 111 Å². The van der Waals surface area contributed by atoms with E-state index >= 15 is 0 Å². The fraction of sp³-hybridized carbons (Fsp3) is 0.0769. The van der Waals surface area contributed by atoms with E-state index in [1.165, 1.54) is 0 Å². The molecule has 3 N–H and O–H groups in total. The molecule has 0 fully saturated rings. The van der Waals surface area contributed by atoms with E-state index in [1.54, 1.807) is 19.4 Å². The number of thiocarbonyl (C=S) groups is 1. The highest BCUT2D eigenvalue weighted by Gasteiger charge is 2.06. The van der Waals surface area contributed by atoms with Crippen molar-refractivity contribution in [3.05, 3.63) is 48.2 Å². The van der Waals surface area contributed by atoms with E-state index < -0.39 is 0 Å². The van der Waals surface area contributed by atoms with E-state index in [0.29, 0.717) is 10.8 Å². The van der Waals surface area contributed by atoms with Crippen LogP contribution in [0.4, 0.5) is 11.5 Å². The van der Waals surface area contributed by atoms with Crippen molar-refractivity contribution < 1.29 is 4.74 Å². The summed E-state index contributed by atoms with van der Waals surface area (Å²) >= 11 is 4.99. The van der Waals surface area contributed by atoms with E-state index in [2.05, 4.69) is 10.3 Å². The largest absolute Gasteiger partial charge is 0.497 e. The lowest BCUT2D eigenvalue weighted by Gasteiger charge is -2.10. The molecule has 1 heterocycles. The van der Waals surface area contributed by atoms with Crippen LogP contribution in [-0.4, -0.2) is 17.1 Å². The Morgan fingerprint density at radius 1 is 1.33 bits per heavy atom. The molecular formula is C13H13N3OS. The predicted octanol–water partition coefficient (Wildman–Crippen LogP) is 2.47. The minimum absolute atomic E-state index is 0.313. The summed E-state index contributed by atoms with van der Waals surface area (Å²) in [6.45, 7) is 0. The van der Waals surface area contributed by atoms with Crippen LogP contribution in [-0.2, 0) is 0 Å². The second kappa shape index (κ2) is 5.46. The van der Waals surface area contributed by atoms with E-state index in [1.807, 2.05) is 30.3 Å². The molecule has 5 heteroatoms. The maximum Gasteiger partial charge on any atom is 0.140 e. The van der Waals surface area contributed by atoms with Gasteiger partial charge < -0.3 is 15.8 Å². The van der Waals surface area contributed by atoms with Crippen LogP contribution in [0, 0.1) is 0 Å². The second-order valence-corrected chi connectivity index (χ2v) is 4.06. The quantitative estimate of drug-likeness (QED) is 0.826. The first-order valence-corrected chi connectivity index (χ1v) is 5.77. The van der Waals surface area contributed by atoms with Crippen molar-refractivity contribution in [2.75, 3.05) is 12.4 Å². The molecule has 1 aromatic heterocycles. The zero-order valence-electron chi connectivity index (χ0n) is 9.88. The number of hydrogen-bond donors (Lipinski definition) is 2. The molecule has 2 rings (SSSR count). The minimum atomic E-state index is 0.313. The molecule has 0 bridgehead atoms. The second-order valence-electron chi connectivity index (χ2n) is 3.62. The van der Waals surface area contributed by atoms with Crippen molar-refractivity contribution >= 4 is 28.7 Å². The molecule has 18 heavy (non-hydrogen) atoms. The van der Waals surface area contributed by atoms with Crippen molar-refractivity contribution in [3.63, 3.8) is 0 Å². The molecule has 0 saturated carbocycles. The maximum atomic E-state index is 5.65. The molecule has 1 aromatic carbocycles. The molecule has 0 amide bonds. The third-order valence-corrected chi connectivity index (χ3v) is 2.63. The van der Waals surface area contributed by atoms with E-state index in [4.69, 9.17) is 22.7 Å². The number of nitrogens with zero attached hydrogens (tertiary/aromatic N) is 1. The summed E-state index contributed by atoms with van der Waals surface area (Å²) in [6, 6.07) is 11.2. The van der Waals surface area contributed by atoms with Gasteiger partial charge in [-0.25, -0.2) is 4.98 Å². The van der Waals surface area contributed by atoms with E-state index in [0.717, 1.165) is 17.0 Å². The van der Waals surface area contributed by atoms with Crippen LogP contribution in [0.1, 0.15) is 5.56 Å². The van der Waals surface area contributed by atoms with Gasteiger partial charge in [0.05, 0.1) is 12.7 Å². The first kappa shape index (κ1) is 12.3. The molecule has 0 aliphatic heterocycles. The zero-order chi connectivity index (χ0) is 13.0. The minimum Gasteiger partial charge on any atom is -0.497 e. The van der Waals surface area contributed by atoms with Crippen LogP contribution < -0.4 is 15.8 Å². The fourth-order valence-corrected chi connectivity index (χ4v) is 1.71. The van der Waals surface area contributed by atoms with Gasteiger partial charge in [0.1, 0.15) is 16.6 Å². The Morgan fingerprint density at radius 2 is 2.17 bits per heavy atom. The summed E-state index contributed by atoms with van der Waals surface area (Å²) in [5.41, 5.74) is 7.24.